The summed E-state index contributed by atoms with van der Waals surface area (Å²) in [7, 11) is 2.17. The second-order valence-electron chi connectivity index (χ2n) is 7.27. The van der Waals surface area contributed by atoms with E-state index in [1.165, 1.54) is 5.56 Å². The van der Waals surface area contributed by atoms with E-state index in [1.54, 1.807) is 0 Å². The van der Waals surface area contributed by atoms with Crippen LogP contribution in [0.25, 0.3) is 11.1 Å². The Morgan fingerprint density at radius 2 is 1.64 bits per heavy atom. The largest absolute Gasteiger partial charge is 0.465 e. The average Bonchev–Trinajstić information content (AvgIpc) is 2.71. The van der Waals surface area contributed by atoms with Gasteiger partial charge in [-0.15, -0.1) is 0 Å². The molecule has 1 atom stereocenters. The summed E-state index contributed by atoms with van der Waals surface area (Å²) in [6, 6.07) is 18.5. The van der Waals surface area contributed by atoms with Crippen molar-refractivity contribution in [2.45, 2.75) is 12.5 Å². The number of hydrogen-bond donors (Lipinski definition) is 2. The van der Waals surface area contributed by atoms with Crippen LogP contribution in [-0.4, -0.2) is 60.8 Å². The lowest BCUT2D eigenvalue weighted by atomic mass is 9.96. The van der Waals surface area contributed by atoms with Gasteiger partial charge in [0, 0.05) is 39.3 Å². The smallest absolute Gasteiger partial charge is 0.404 e. The third kappa shape index (κ3) is 5.32. The molecule has 1 aliphatic rings. The summed E-state index contributed by atoms with van der Waals surface area (Å²) >= 11 is 0. The molecule has 3 rings (SSSR count). The van der Waals surface area contributed by atoms with Crippen molar-refractivity contribution in [3.05, 3.63) is 59.7 Å². The molecule has 0 bridgehead atoms. The van der Waals surface area contributed by atoms with Gasteiger partial charge in [-0.25, -0.2) is 4.79 Å². The van der Waals surface area contributed by atoms with Crippen LogP contribution in [0.5, 0.6) is 0 Å². The van der Waals surface area contributed by atoms with E-state index in [4.69, 9.17) is 5.11 Å². The summed E-state index contributed by atoms with van der Waals surface area (Å²) in [5.41, 5.74) is 4.34. The van der Waals surface area contributed by atoms with Gasteiger partial charge in [0.2, 0.25) is 0 Å². The molecule has 0 radical (unpaired) electrons. The highest BCUT2D eigenvalue weighted by atomic mass is 16.4. The minimum atomic E-state index is -1.12. The second kappa shape index (κ2) is 9.36. The monoisotopic (exact) mass is 378 g/mol. The molecule has 2 aromatic carbocycles. The molecule has 6 nitrogen and oxygen atoms in total. The van der Waals surface area contributed by atoms with E-state index in [0.717, 1.165) is 49.4 Å². The lowest BCUT2D eigenvalue weighted by Gasteiger charge is -2.32. The zero-order valence-electron chi connectivity index (χ0n) is 16.1. The van der Waals surface area contributed by atoms with Crippen LogP contribution in [0.3, 0.4) is 0 Å². The number of carbonyl (C=O) groups is 1. The van der Waals surface area contributed by atoms with Gasteiger partial charge in [-0.05, 0) is 29.3 Å². The fourth-order valence-electron chi connectivity index (χ4n) is 3.40. The van der Waals surface area contributed by atoms with Crippen molar-refractivity contribution in [3.63, 3.8) is 0 Å². The van der Waals surface area contributed by atoms with Crippen molar-refractivity contribution in [3.8, 4) is 17.2 Å². The molecule has 0 saturated carbocycles. The Labute approximate surface area is 166 Å². The number of carboxylic acid groups (broad SMARTS) is 1. The Morgan fingerprint density at radius 3 is 2.18 bits per heavy atom. The number of nitrogens with one attached hydrogen (secondary N) is 1. The predicted molar refractivity (Wildman–Crippen MR) is 109 cm³/mol. The number of likely N-dealkylation sites (N-methyl/N-ethyl adjacent to an activating group) is 1. The van der Waals surface area contributed by atoms with Gasteiger partial charge in [-0.2, -0.15) is 5.26 Å². The van der Waals surface area contributed by atoms with E-state index in [2.05, 4.69) is 52.5 Å². The van der Waals surface area contributed by atoms with Crippen molar-refractivity contribution in [2.24, 2.45) is 0 Å². The molecule has 1 amide bonds. The fourth-order valence-corrected chi connectivity index (χ4v) is 3.40. The zero-order chi connectivity index (χ0) is 19.9. The quantitative estimate of drug-likeness (QED) is 0.808. The van der Waals surface area contributed by atoms with Crippen LogP contribution in [0.2, 0.25) is 0 Å². The van der Waals surface area contributed by atoms with Crippen molar-refractivity contribution >= 4 is 6.09 Å². The Kier molecular flexibility index (Phi) is 6.64. The number of piperazine rings is 1. The summed E-state index contributed by atoms with van der Waals surface area (Å²) in [5, 5.41) is 20.2. The Bertz CT molecular complexity index is 819. The van der Waals surface area contributed by atoms with Crippen LogP contribution in [0.1, 0.15) is 17.0 Å². The first-order valence-corrected chi connectivity index (χ1v) is 9.52. The summed E-state index contributed by atoms with van der Waals surface area (Å²) in [6.45, 7) is 5.53. The Morgan fingerprint density at radius 1 is 1.07 bits per heavy atom. The first-order valence-electron chi connectivity index (χ1n) is 9.52. The maximum Gasteiger partial charge on any atom is 0.404 e. The molecule has 0 aromatic heterocycles. The molecule has 1 unspecified atom stereocenters. The molecular formula is C22H26N4O2. The number of hydrogen-bond acceptors (Lipinski definition) is 4. The van der Waals surface area contributed by atoms with Crippen molar-refractivity contribution in [1.82, 2.24) is 15.1 Å². The lowest BCUT2D eigenvalue weighted by molar-refractivity contribution is 0.148. The highest BCUT2D eigenvalue weighted by molar-refractivity contribution is 5.65. The van der Waals surface area contributed by atoms with E-state index >= 15 is 0 Å². The third-order valence-corrected chi connectivity index (χ3v) is 5.22. The van der Waals surface area contributed by atoms with Crippen molar-refractivity contribution in [2.75, 3.05) is 39.8 Å². The minimum Gasteiger partial charge on any atom is -0.465 e. The standard InChI is InChI=1S/C22H26N4O2/c1-25-10-12-26(13-11-25)16-17-2-4-18(5-3-17)19-6-8-20(9-7-19)21(14-23)15-24-22(27)28/h2-9,21,24H,10-13,15-16H2,1H3,(H,27,28). The molecule has 1 heterocycles. The predicted octanol–water partition coefficient (Wildman–Crippen LogP) is 2.98. The van der Waals surface area contributed by atoms with Gasteiger partial charge in [-0.3, -0.25) is 4.90 Å². The van der Waals surface area contributed by atoms with E-state index in [1.807, 2.05) is 24.3 Å². The molecule has 6 heteroatoms. The maximum atomic E-state index is 10.6. The minimum absolute atomic E-state index is 0.0895. The average molecular weight is 378 g/mol. The summed E-state index contributed by atoms with van der Waals surface area (Å²) in [4.78, 5) is 15.5. The second-order valence-corrected chi connectivity index (χ2v) is 7.27. The van der Waals surface area contributed by atoms with Gasteiger partial charge in [0.05, 0.1) is 12.0 Å². The molecule has 1 fully saturated rings. The van der Waals surface area contributed by atoms with Crippen molar-refractivity contribution < 1.29 is 9.90 Å². The van der Waals surface area contributed by atoms with Crippen LogP contribution < -0.4 is 5.32 Å². The SMILES string of the molecule is CN1CCN(Cc2ccc(-c3ccc(C(C#N)CNC(=O)O)cc3)cc2)CC1. The summed E-state index contributed by atoms with van der Waals surface area (Å²) in [5.74, 6) is -0.490. The van der Waals surface area contributed by atoms with Gasteiger partial charge in [0.15, 0.2) is 0 Å². The van der Waals surface area contributed by atoms with Gasteiger partial charge < -0.3 is 15.3 Å². The highest BCUT2D eigenvalue weighted by Gasteiger charge is 2.14. The Balaban J connectivity index is 1.62. The first-order chi connectivity index (χ1) is 13.5. The van der Waals surface area contributed by atoms with Gasteiger partial charge in [-0.1, -0.05) is 48.5 Å². The van der Waals surface area contributed by atoms with Crippen molar-refractivity contribution in [1.29, 1.82) is 5.26 Å². The van der Waals surface area contributed by atoms with Gasteiger partial charge in [0.1, 0.15) is 0 Å². The molecule has 1 saturated heterocycles. The third-order valence-electron chi connectivity index (χ3n) is 5.22. The summed E-state index contributed by atoms with van der Waals surface area (Å²) in [6.07, 6.45) is -1.12. The molecule has 146 valence electrons. The normalized spacial score (nSPS) is 16.3. The topological polar surface area (TPSA) is 79.6 Å². The van der Waals surface area contributed by atoms with Crippen LogP contribution in [0, 0.1) is 11.3 Å². The van der Waals surface area contributed by atoms with E-state index in [9.17, 15) is 10.1 Å². The van der Waals surface area contributed by atoms with E-state index < -0.39 is 12.0 Å². The van der Waals surface area contributed by atoms with Crippen LogP contribution >= 0.6 is 0 Å². The van der Waals surface area contributed by atoms with Gasteiger partial charge >= 0.3 is 6.09 Å². The molecular weight excluding hydrogens is 352 g/mol. The molecule has 1 aliphatic heterocycles. The van der Waals surface area contributed by atoms with Gasteiger partial charge in [0.25, 0.3) is 0 Å². The molecule has 2 aromatic rings. The number of rotatable bonds is 6. The molecule has 2 N–H and O–H groups in total. The van der Waals surface area contributed by atoms with Crippen LogP contribution in [0.4, 0.5) is 4.79 Å². The number of amides is 1. The molecule has 0 aliphatic carbocycles. The lowest BCUT2D eigenvalue weighted by Crippen LogP contribution is -2.43. The van der Waals surface area contributed by atoms with Crippen LogP contribution in [0.15, 0.2) is 48.5 Å². The number of benzene rings is 2. The fraction of sp³-hybridized carbons (Fsp3) is 0.364. The number of nitrogens with zero attached hydrogens (tertiary/aromatic N) is 3. The number of nitriles is 1. The van der Waals surface area contributed by atoms with E-state index in [0.29, 0.717) is 0 Å². The van der Waals surface area contributed by atoms with Crippen LogP contribution in [-0.2, 0) is 6.54 Å². The highest BCUT2D eigenvalue weighted by Crippen LogP contribution is 2.23. The van der Waals surface area contributed by atoms with E-state index in [-0.39, 0.29) is 6.54 Å². The summed E-state index contributed by atoms with van der Waals surface area (Å²) < 4.78 is 0. The molecule has 0 spiro atoms. The maximum absolute atomic E-state index is 10.6. The Hall–Kier alpha value is -2.88. The first kappa shape index (κ1) is 19.9. The zero-order valence-corrected chi connectivity index (χ0v) is 16.1. The molecule has 28 heavy (non-hydrogen) atoms.